The summed E-state index contributed by atoms with van der Waals surface area (Å²) in [5.74, 6) is -4.40. The highest BCUT2D eigenvalue weighted by Crippen LogP contribution is 2.43. The van der Waals surface area contributed by atoms with Gasteiger partial charge in [0.15, 0.2) is 50.3 Å². The predicted octanol–water partition coefficient (Wildman–Crippen LogP) is -5.50. The number of aliphatic hydroxyl groups is 16. The Morgan fingerprint density at radius 2 is 0.319 bits per heavy atom. The van der Waals surface area contributed by atoms with Gasteiger partial charge >= 0.3 is 23.9 Å². The molecular formula is C68H112O40S8. The molecule has 40 unspecified atom stereocenters. The van der Waals surface area contributed by atoms with E-state index < -0.39 is 276 Å². The lowest BCUT2D eigenvalue weighted by molar-refractivity contribution is -0.396. The standard InChI is InChI=1S/C68H112O40S8/c1-5-109-17-25-53-37(77)45(85)61(93-25)102-54-26(18-110-6-2)95-63(47(87)39(54)79)105-57-29(21-113-13-9-33(69)70)97-65(49(89)41(57)81)104-56-28(20-112-8-4)96-64(48(88)40(56)80)106-58-30(22-114-14-10-34(71)72)99-67(51(91)43(58)83)108-60-32(24-116-16-12-36(75)76)100-68(52(92)44(60)84)107-59-31(23-115-15-11-35(73)74)98-66(50(90)42(59)82)103-55-27(19-111-7-3)94-62(101-53)46(86)38(55)78/h25-32,37-68,77-92H,5-24H2,1-4H3,(H,69,70)(H,71,72)(H,73,74)(H,75,76). The second-order valence-corrected chi connectivity index (χ2v) is 38.4. The Labute approximate surface area is 701 Å². The predicted molar refractivity (Wildman–Crippen MR) is 415 cm³/mol. The van der Waals surface area contributed by atoms with E-state index in [1.165, 1.54) is 47.0 Å². The summed E-state index contributed by atoms with van der Waals surface area (Å²) in [5.41, 5.74) is 0. The number of carbonyl (C=O) groups is 4. The van der Waals surface area contributed by atoms with Crippen LogP contribution < -0.4 is 0 Å². The first-order valence-corrected chi connectivity index (χ1v) is 47.4. The summed E-state index contributed by atoms with van der Waals surface area (Å²) in [6.07, 6.45) is -75.5. The molecule has 672 valence electrons. The first kappa shape index (κ1) is 99.2. The van der Waals surface area contributed by atoms with Crippen LogP contribution in [0.2, 0.25) is 0 Å². The van der Waals surface area contributed by atoms with Gasteiger partial charge in [-0.1, -0.05) is 27.7 Å². The average Bonchev–Trinajstić information content (AvgIpc) is 0.773. The lowest BCUT2D eigenvalue weighted by Crippen LogP contribution is -2.69. The van der Waals surface area contributed by atoms with Gasteiger partial charge in [-0.2, -0.15) is 94.1 Å². The number of carboxylic acid groups (broad SMARTS) is 4. The monoisotopic (exact) mass is 1820 g/mol. The zero-order valence-corrected chi connectivity index (χ0v) is 70.1. The zero-order chi connectivity index (χ0) is 84.5. The van der Waals surface area contributed by atoms with Gasteiger partial charge in [0.25, 0.3) is 0 Å². The minimum absolute atomic E-state index is 0.00157. The number of ether oxygens (including phenoxy) is 16. The summed E-state index contributed by atoms with van der Waals surface area (Å²) in [6.45, 7) is 7.19. The fourth-order valence-electron chi connectivity index (χ4n) is 14.2. The number of aliphatic hydroxyl groups excluding tert-OH is 16. The molecule has 0 radical (unpaired) electrons. The molecule has 30 aliphatic heterocycles. The summed E-state index contributed by atoms with van der Waals surface area (Å²) in [6, 6.07) is 0. The molecule has 30 saturated heterocycles. The summed E-state index contributed by atoms with van der Waals surface area (Å²) < 4.78 is 101. The van der Waals surface area contributed by atoms with Crippen LogP contribution in [0.5, 0.6) is 0 Å². The summed E-state index contributed by atoms with van der Waals surface area (Å²) in [4.78, 5) is 46.9. The molecule has 0 saturated carbocycles. The van der Waals surface area contributed by atoms with Gasteiger partial charge in [-0.3, -0.25) is 19.2 Å². The van der Waals surface area contributed by atoms with Crippen LogP contribution in [0.4, 0.5) is 0 Å². The molecule has 0 spiro atoms. The number of hydrogen-bond acceptors (Lipinski definition) is 44. The maximum atomic E-state index is 12.2. The van der Waals surface area contributed by atoms with E-state index >= 15 is 0 Å². The van der Waals surface area contributed by atoms with Crippen LogP contribution in [0.1, 0.15) is 53.4 Å². The lowest BCUT2D eigenvalue weighted by Gasteiger charge is -2.51. The largest absolute Gasteiger partial charge is 0.481 e. The molecule has 48 heteroatoms. The van der Waals surface area contributed by atoms with Crippen molar-refractivity contribution in [3.63, 3.8) is 0 Å². The third kappa shape index (κ3) is 25.9. The number of rotatable bonds is 32. The summed E-state index contributed by atoms with van der Waals surface area (Å²) >= 11 is 8.96. The highest BCUT2D eigenvalue weighted by Gasteiger charge is 2.61. The quantitative estimate of drug-likeness (QED) is 0.0279. The van der Waals surface area contributed by atoms with E-state index in [-0.39, 0.29) is 88.3 Å². The summed E-state index contributed by atoms with van der Waals surface area (Å²) in [5, 5.41) is 232. The van der Waals surface area contributed by atoms with Crippen molar-refractivity contribution in [1.29, 1.82) is 0 Å². The van der Waals surface area contributed by atoms with Gasteiger partial charge in [0.1, 0.15) is 146 Å². The van der Waals surface area contributed by atoms with Crippen LogP contribution in [0.25, 0.3) is 0 Å². The van der Waals surface area contributed by atoms with Crippen molar-refractivity contribution >= 4 is 118 Å². The Morgan fingerprint density at radius 1 is 0.198 bits per heavy atom. The van der Waals surface area contributed by atoms with Gasteiger partial charge in [0.05, 0.1) is 74.5 Å². The number of carboxylic acids is 4. The van der Waals surface area contributed by atoms with Crippen LogP contribution in [0.3, 0.4) is 0 Å². The van der Waals surface area contributed by atoms with E-state index in [2.05, 4.69) is 0 Å². The van der Waals surface area contributed by atoms with Crippen molar-refractivity contribution in [2.24, 2.45) is 0 Å². The molecule has 0 aliphatic carbocycles. The Hall–Kier alpha value is -0.600. The fourth-order valence-corrected chi connectivity index (χ4v) is 21.1. The average molecular weight is 1830 g/mol. The molecule has 16 bridgehead atoms. The minimum atomic E-state index is -2.22. The molecule has 40 nitrogen and oxygen atoms in total. The van der Waals surface area contributed by atoms with Gasteiger partial charge in [-0.15, -0.1) is 0 Å². The highest BCUT2D eigenvalue weighted by molar-refractivity contribution is 8.00. The van der Waals surface area contributed by atoms with Crippen molar-refractivity contribution in [2.75, 3.05) is 92.0 Å². The summed E-state index contributed by atoms with van der Waals surface area (Å²) in [7, 11) is 0. The first-order valence-electron chi connectivity index (χ1n) is 38.2. The topological polar surface area (TPSA) is 621 Å². The molecule has 30 aliphatic rings. The number of aliphatic carboxylic acids is 4. The fraction of sp³-hybridized carbons (Fsp3) is 0.941. The molecule has 30 fully saturated rings. The Morgan fingerprint density at radius 3 is 0.431 bits per heavy atom. The Balaban J connectivity index is 1.08. The van der Waals surface area contributed by atoms with Crippen molar-refractivity contribution in [2.45, 2.75) is 299 Å². The molecule has 116 heavy (non-hydrogen) atoms. The minimum Gasteiger partial charge on any atom is -0.481 e. The second-order valence-electron chi connectivity index (χ2n) is 28.5. The molecule has 0 aromatic carbocycles. The molecule has 30 rings (SSSR count). The molecular weight excluding hydrogens is 1710 g/mol. The lowest BCUT2D eigenvalue weighted by atomic mass is 9.95. The third-order valence-electron chi connectivity index (χ3n) is 20.4. The van der Waals surface area contributed by atoms with E-state index in [1.54, 1.807) is 20.8 Å². The number of hydrogen-bond donors (Lipinski definition) is 20. The third-order valence-corrected chi connectivity index (χ3v) is 28.5. The second kappa shape index (κ2) is 47.8. The van der Waals surface area contributed by atoms with E-state index in [0.29, 0.717) is 23.0 Å². The van der Waals surface area contributed by atoms with E-state index in [1.807, 2.05) is 6.92 Å². The molecule has 40 atom stereocenters. The van der Waals surface area contributed by atoms with E-state index in [9.17, 15) is 121 Å². The van der Waals surface area contributed by atoms with Crippen molar-refractivity contribution in [1.82, 2.24) is 0 Å². The van der Waals surface area contributed by atoms with E-state index in [0.717, 1.165) is 47.0 Å². The van der Waals surface area contributed by atoms with Crippen LogP contribution in [0.15, 0.2) is 0 Å². The van der Waals surface area contributed by atoms with Gasteiger partial charge in [-0.05, 0) is 23.0 Å². The molecule has 0 aromatic heterocycles. The number of thioether (sulfide) groups is 8. The molecule has 30 heterocycles. The Bertz CT molecular complexity index is 2970. The molecule has 0 aromatic rings. The smallest absolute Gasteiger partial charge is 0.304 e. The van der Waals surface area contributed by atoms with Gasteiger partial charge in [-0.25, -0.2) is 0 Å². The molecule has 0 amide bonds. The van der Waals surface area contributed by atoms with Crippen LogP contribution in [-0.2, 0) is 95.0 Å². The van der Waals surface area contributed by atoms with Crippen molar-refractivity contribution in [3.8, 4) is 0 Å². The van der Waals surface area contributed by atoms with Crippen molar-refractivity contribution in [3.05, 3.63) is 0 Å². The van der Waals surface area contributed by atoms with Gasteiger partial charge < -0.3 is 178 Å². The first-order chi connectivity index (χ1) is 55.3. The molecule has 20 N–H and O–H groups in total. The zero-order valence-electron chi connectivity index (χ0n) is 63.6. The highest BCUT2D eigenvalue weighted by atomic mass is 32.2. The van der Waals surface area contributed by atoms with Gasteiger partial charge in [0, 0.05) is 69.0 Å². The normalized spacial score (nSPS) is 44.7. The van der Waals surface area contributed by atoms with Crippen LogP contribution in [0, 0.1) is 0 Å². The SMILES string of the molecule is CCSCC1OC2OC3C(CSCC)OC(OC4C(CSCCC(=O)O)OC(OC5C(CSCC)OC(OC6C(CSCCC(=O)O)OC(OC7C(CSCCC(=O)O)OC(OC8C(CSCCC(=O)O)OC(OC9C(CSCC)OC(OC1C(O)C2O)C(O)C9O)C(O)C8O)C(O)C7O)C(O)C6O)C(O)C5O)C(O)C4O)C(O)C3O. The van der Waals surface area contributed by atoms with E-state index in [4.69, 9.17) is 75.8 Å². The van der Waals surface area contributed by atoms with Crippen LogP contribution >= 0.6 is 94.1 Å². The van der Waals surface area contributed by atoms with Crippen molar-refractivity contribution < 1.29 is 197 Å². The maximum absolute atomic E-state index is 12.2. The van der Waals surface area contributed by atoms with Gasteiger partial charge in [0.2, 0.25) is 0 Å². The Kier molecular flexibility index (Phi) is 40.9. The van der Waals surface area contributed by atoms with Crippen LogP contribution in [-0.4, -0.2) is 464 Å². The maximum Gasteiger partial charge on any atom is 0.304 e.